The summed E-state index contributed by atoms with van der Waals surface area (Å²) in [5.74, 6) is -0.332. The SMILES string of the molecule is CN(CC(O)c1ccccc1F)CC1CCCN1C. The zero-order valence-corrected chi connectivity index (χ0v) is 11.7. The van der Waals surface area contributed by atoms with Gasteiger partial charge in [-0.1, -0.05) is 18.2 Å². The molecule has 19 heavy (non-hydrogen) atoms. The third kappa shape index (κ3) is 3.75. The van der Waals surface area contributed by atoms with E-state index in [-0.39, 0.29) is 5.82 Å². The van der Waals surface area contributed by atoms with Crippen molar-refractivity contribution in [3.05, 3.63) is 35.6 Å². The number of benzene rings is 1. The molecular formula is C15H23FN2O. The van der Waals surface area contributed by atoms with Gasteiger partial charge in [0.25, 0.3) is 0 Å². The van der Waals surface area contributed by atoms with Crippen molar-refractivity contribution in [2.75, 3.05) is 33.7 Å². The van der Waals surface area contributed by atoms with Crippen molar-refractivity contribution < 1.29 is 9.50 Å². The lowest BCUT2D eigenvalue weighted by atomic mass is 10.1. The Morgan fingerprint density at radius 1 is 1.47 bits per heavy atom. The number of aliphatic hydroxyl groups excluding tert-OH is 1. The second kappa shape index (κ2) is 6.46. The number of hydrogen-bond donors (Lipinski definition) is 1. The molecule has 4 heteroatoms. The topological polar surface area (TPSA) is 26.7 Å². The van der Waals surface area contributed by atoms with Crippen LogP contribution < -0.4 is 0 Å². The Bertz CT molecular complexity index is 413. The first-order valence-electron chi connectivity index (χ1n) is 6.89. The Balaban J connectivity index is 1.88. The van der Waals surface area contributed by atoms with Gasteiger partial charge in [0.2, 0.25) is 0 Å². The highest BCUT2D eigenvalue weighted by molar-refractivity contribution is 5.20. The molecule has 1 heterocycles. The highest BCUT2D eigenvalue weighted by Crippen LogP contribution is 2.19. The van der Waals surface area contributed by atoms with Gasteiger partial charge < -0.3 is 14.9 Å². The fourth-order valence-corrected chi connectivity index (χ4v) is 2.78. The molecule has 0 amide bonds. The Morgan fingerprint density at radius 3 is 2.84 bits per heavy atom. The Labute approximate surface area is 114 Å². The number of halogens is 1. The molecule has 106 valence electrons. The predicted molar refractivity (Wildman–Crippen MR) is 74.5 cm³/mol. The van der Waals surface area contributed by atoms with Gasteiger partial charge in [0.1, 0.15) is 5.82 Å². The van der Waals surface area contributed by atoms with Crippen molar-refractivity contribution in [1.29, 1.82) is 0 Å². The molecule has 0 spiro atoms. The van der Waals surface area contributed by atoms with E-state index in [1.54, 1.807) is 18.2 Å². The summed E-state index contributed by atoms with van der Waals surface area (Å²) < 4.78 is 13.6. The van der Waals surface area contributed by atoms with Gasteiger partial charge in [-0.05, 0) is 39.5 Å². The maximum Gasteiger partial charge on any atom is 0.129 e. The van der Waals surface area contributed by atoms with Gasteiger partial charge in [0, 0.05) is 24.7 Å². The number of aliphatic hydroxyl groups is 1. The van der Waals surface area contributed by atoms with E-state index in [1.165, 1.54) is 18.9 Å². The van der Waals surface area contributed by atoms with Gasteiger partial charge in [-0.3, -0.25) is 0 Å². The van der Waals surface area contributed by atoms with E-state index in [0.29, 0.717) is 18.2 Å². The maximum atomic E-state index is 13.6. The average molecular weight is 266 g/mol. The smallest absolute Gasteiger partial charge is 0.129 e. The van der Waals surface area contributed by atoms with Crippen molar-refractivity contribution in [2.45, 2.75) is 25.0 Å². The van der Waals surface area contributed by atoms with Crippen LogP contribution >= 0.6 is 0 Å². The van der Waals surface area contributed by atoms with Crippen molar-refractivity contribution in [2.24, 2.45) is 0 Å². The van der Waals surface area contributed by atoms with Crippen LogP contribution in [0.1, 0.15) is 24.5 Å². The van der Waals surface area contributed by atoms with Crippen LogP contribution in [0.5, 0.6) is 0 Å². The first-order valence-corrected chi connectivity index (χ1v) is 6.89. The van der Waals surface area contributed by atoms with Crippen LogP contribution in [0.4, 0.5) is 4.39 Å². The molecule has 1 N–H and O–H groups in total. The molecule has 1 aliphatic rings. The van der Waals surface area contributed by atoms with Crippen molar-refractivity contribution in [1.82, 2.24) is 9.80 Å². The molecule has 1 aromatic carbocycles. The van der Waals surface area contributed by atoms with Gasteiger partial charge in [-0.2, -0.15) is 0 Å². The molecule has 0 aliphatic carbocycles. The first-order chi connectivity index (χ1) is 9.08. The number of nitrogens with zero attached hydrogens (tertiary/aromatic N) is 2. The molecule has 2 rings (SSSR count). The van der Waals surface area contributed by atoms with E-state index in [1.807, 2.05) is 7.05 Å². The van der Waals surface area contributed by atoms with Crippen LogP contribution in [0, 0.1) is 5.82 Å². The fraction of sp³-hybridized carbons (Fsp3) is 0.600. The minimum atomic E-state index is -0.766. The largest absolute Gasteiger partial charge is 0.387 e. The number of likely N-dealkylation sites (tertiary alicyclic amines) is 1. The fourth-order valence-electron chi connectivity index (χ4n) is 2.78. The molecular weight excluding hydrogens is 243 g/mol. The summed E-state index contributed by atoms with van der Waals surface area (Å²) in [5.41, 5.74) is 0.383. The number of likely N-dealkylation sites (N-methyl/N-ethyl adjacent to an activating group) is 2. The molecule has 0 saturated carbocycles. The van der Waals surface area contributed by atoms with Crippen LogP contribution in [-0.2, 0) is 0 Å². The molecule has 0 aromatic heterocycles. The second-order valence-corrected chi connectivity index (χ2v) is 5.54. The lowest BCUT2D eigenvalue weighted by Crippen LogP contribution is -2.38. The van der Waals surface area contributed by atoms with Gasteiger partial charge in [0.15, 0.2) is 0 Å². The molecule has 1 saturated heterocycles. The number of rotatable bonds is 5. The van der Waals surface area contributed by atoms with Crippen molar-refractivity contribution in [3.63, 3.8) is 0 Å². The lowest BCUT2D eigenvalue weighted by Gasteiger charge is -2.27. The van der Waals surface area contributed by atoms with Gasteiger partial charge in [-0.25, -0.2) is 4.39 Å². The zero-order valence-electron chi connectivity index (χ0n) is 11.7. The van der Waals surface area contributed by atoms with Crippen LogP contribution in [-0.4, -0.2) is 54.7 Å². The molecule has 0 bridgehead atoms. The Morgan fingerprint density at radius 2 is 2.21 bits per heavy atom. The summed E-state index contributed by atoms with van der Waals surface area (Å²) in [4.78, 5) is 4.44. The first kappa shape index (κ1) is 14.4. The standard InChI is InChI=1S/C15H23FN2O/c1-17(10-12-6-5-9-18(12)2)11-15(19)13-7-3-4-8-14(13)16/h3-4,7-8,12,15,19H,5-6,9-11H2,1-2H3. The molecule has 1 aliphatic heterocycles. The summed E-state index contributed by atoms with van der Waals surface area (Å²) in [6.07, 6.45) is 1.68. The zero-order chi connectivity index (χ0) is 13.8. The molecule has 0 radical (unpaired) electrons. The lowest BCUT2D eigenvalue weighted by molar-refractivity contribution is 0.110. The monoisotopic (exact) mass is 266 g/mol. The summed E-state index contributed by atoms with van der Waals surface area (Å²) in [7, 11) is 4.12. The molecule has 2 unspecified atom stereocenters. The average Bonchev–Trinajstić information content (AvgIpc) is 2.75. The van der Waals surface area contributed by atoms with E-state index in [9.17, 15) is 9.50 Å². The summed E-state index contributed by atoms with van der Waals surface area (Å²) in [6.45, 7) is 2.53. The molecule has 2 atom stereocenters. The minimum Gasteiger partial charge on any atom is -0.387 e. The molecule has 1 fully saturated rings. The maximum absolute atomic E-state index is 13.6. The summed E-state index contributed by atoms with van der Waals surface area (Å²) >= 11 is 0. The van der Waals surface area contributed by atoms with Gasteiger partial charge in [0.05, 0.1) is 6.10 Å². The van der Waals surface area contributed by atoms with E-state index in [2.05, 4.69) is 16.8 Å². The second-order valence-electron chi connectivity index (χ2n) is 5.54. The third-order valence-corrected chi connectivity index (χ3v) is 3.94. The van der Waals surface area contributed by atoms with Gasteiger partial charge in [-0.15, -0.1) is 0 Å². The van der Waals surface area contributed by atoms with Crippen LogP contribution in [0.15, 0.2) is 24.3 Å². The third-order valence-electron chi connectivity index (χ3n) is 3.94. The summed E-state index contributed by atoms with van der Waals surface area (Å²) in [6, 6.07) is 6.99. The Kier molecular flexibility index (Phi) is 4.91. The molecule has 3 nitrogen and oxygen atoms in total. The predicted octanol–water partition coefficient (Wildman–Crippen LogP) is 1.89. The van der Waals surface area contributed by atoms with E-state index in [0.717, 1.165) is 13.1 Å². The Hall–Kier alpha value is -0.970. The number of hydrogen-bond acceptors (Lipinski definition) is 3. The quantitative estimate of drug-likeness (QED) is 0.881. The normalized spacial score (nSPS) is 22.1. The van der Waals surface area contributed by atoms with E-state index < -0.39 is 6.10 Å². The molecule has 1 aromatic rings. The minimum absolute atomic E-state index is 0.332. The summed E-state index contributed by atoms with van der Waals surface area (Å²) in [5, 5.41) is 10.1. The van der Waals surface area contributed by atoms with Crippen LogP contribution in [0.2, 0.25) is 0 Å². The van der Waals surface area contributed by atoms with Crippen LogP contribution in [0.25, 0.3) is 0 Å². The van der Waals surface area contributed by atoms with Crippen molar-refractivity contribution >= 4 is 0 Å². The van der Waals surface area contributed by atoms with Crippen molar-refractivity contribution in [3.8, 4) is 0 Å². The van der Waals surface area contributed by atoms with E-state index >= 15 is 0 Å². The highest BCUT2D eigenvalue weighted by Gasteiger charge is 2.23. The van der Waals surface area contributed by atoms with E-state index in [4.69, 9.17) is 0 Å². The highest BCUT2D eigenvalue weighted by atomic mass is 19.1. The van der Waals surface area contributed by atoms with Crippen LogP contribution in [0.3, 0.4) is 0 Å². The van der Waals surface area contributed by atoms with Gasteiger partial charge >= 0.3 is 0 Å².